The summed E-state index contributed by atoms with van der Waals surface area (Å²) in [6.07, 6.45) is 3.97. The second kappa shape index (κ2) is 10.5. The summed E-state index contributed by atoms with van der Waals surface area (Å²) in [4.78, 5) is 46.9. The van der Waals surface area contributed by atoms with Crippen molar-refractivity contribution in [3.8, 4) is 0 Å². The van der Waals surface area contributed by atoms with E-state index in [1.165, 1.54) is 4.90 Å². The van der Waals surface area contributed by atoms with E-state index in [-0.39, 0.29) is 34.6 Å². The van der Waals surface area contributed by atoms with Crippen molar-refractivity contribution < 1.29 is 24.2 Å². The number of carbonyl (C=O) groups excluding carboxylic acids is 3. The molecule has 3 unspecified atom stereocenters. The fourth-order valence-electron chi connectivity index (χ4n) is 7.03. The second-order valence-electron chi connectivity index (χ2n) is 12.7. The predicted molar refractivity (Wildman–Crippen MR) is 147 cm³/mol. The van der Waals surface area contributed by atoms with Gasteiger partial charge in [-0.05, 0) is 39.0 Å². The minimum atomic E-state index is -1.16. The fraction of sp³-hybridized carbons (Fsp3) is 0.750. The molecule has 37 heavy (non-hydrogen) atoms. The molecule has 1 spiro atoms. The van der Waals surface area contributed by atoms with Crippen LogP contribution in [0.4, 0.5) is 0 Å². The van der Waals surface area contributed by atoms with Crippen LogP contribution in [0.1, 0.15) is 54.4 Å². The highest BCUT2D eigenvalue weighted by Gasteiger charge is 2.77. The number of halogens is 1. The Morgan fingerprint density at radius 1 is 1.22 bits per heavy atom. The first-order valence-electron chi connectivity index (χ1n) is 13.1. The van der Waals surface area contributed by atoms with Gasteiger partial charge in [0.05, 0.1) is 30.6 Å². The number of aliphatic hydroxyl groups excluding tert-OH is 1. The van der Waals surface area contributed by atoms with Gasteiger partial charge in [0.2, 0.25) is 17.7 Å². The Morgan fingerprint density at radius 3 is 2.32 bits per heavy atom. The molecule has 8 nitrogen and oxygen atoms in total. The molecule has 9 heteroatoms. The molecule has 3 saturated heterocycles. The van der Waals surface area contributed by atoms with E-state index in [1.807, 2.05) is 13.8 Å². The first kappa shape index (κ1) is 29.8. The van der Waals surface area contributed by atoms with Crippen LogP contribution >= 0.6 is 15.9 Å². The Balaban J connectivity index is 2.13. The average Bonchev–Trinajstić information content (AvgIpc) is 3.37. The number of aliphatic hydroxyl groups is 1. The molecule has 3 fully saturated rings. The average molecular weight is 583 g/mol. The van der Waals surface area contributed by atoms with Crippen molar-refractivity contribution in [1.29, 1.82) is 0 Å². The summed E-state index contributed by atoms with van der Waals surface area (Å²) in [5.74, 6) is -2.27. The minimum Gasteiger partial charge on any atom is -0.394 e. The van der Waals surface area contributed by atoms with Gasteiger partial charge in [-0.15, -0.1) is 13.2 Å². The summed E-state index contributed by atoms with van der Waals surface area (Å²) < 4.78 is 6.59. The van der Waals surface area contributed by atoms with Gasteiger partial charge in [0.15, 0.2) is 0 Å². The van der Waals surface area contributed by atoms with Gasteiger partial charge in [0, 0.05) is 30.5 Å². The molecule has 0 saturated carbocycles. The van der Waals surface area contributed by atoms with Crippen LogP contribution in [-0.2, 0) is 19.1 Å². The van der Waals surface area contributed by atoms with Crippen molar-refractivity contribution in [2.24, 2.45) is 17.3 Å². The monoisotopic (exact) mass is 581 g/mol. The Bertz CT molecular complexity index is 947. The lowest BCUT2D eigenvalue weighted by molar-refractivity contribution is -0.155. The van der Waals surface area contributed by atoms with Gasteiger partial charge in [-0.25, -0.2) is 0 Å². The van der Waals surface area contributed by atoms with Gasteiger partial charge < -0.3 is 24.5 Å². The van der Waals surface area contributed by atoms with Gasteiger partial charge >= 0.3 is 0 Å². The van der Waals surface area contributed by atoms with Crippen molar-refractivity contribution in [2.45, 2.75) is 88.5 Å². The van der Waals surface area contributed by atoms with Crippen LogP contribution in [0.15, 0.2) is 25.3 Å². The summed E-state index contributed by atoms with van der Waals surface area (Å²) in [6.45, 7) is 20.1. The molecule has 7 atom stereocenters. The molecule has 3 aliphatic heterocycles. The molecular weight excluding hydrogens is 538 g/mol. The number of fused-ring (bicyclic) bond motifs is 1. The molecule has 0 aliphatic carbocycles. The number of likely N-dealkylation sites (tertiary alicyclic amines) is 1. The van der Waals surface area contributed by atoms with Crippen molar-refractivity contribution in [3.05, 3.63) is 25.3 Å². The number of ether oxygens (including phenoxy) is 1. The van der Waals surface area contributed by atoms with Crippen LogP contribution in [0, 0.1) is 17.3 Å². The van der Waals surface area contributed by atoms with Gasteiger partial charge in [-0.2, -0.15) is 0 Å². The minimum absolute atomic E-state index is 0.0515. The van der Waals surface area contributed by atoms with Gasteiger partial charge in [-0.3, -0.25) is 14.4 Å². The first-order valence-corrected chi connectivity index (χ1v) is 14.0. The lowest BCUT2D eigenvalue weighted by Crippen LogP contribution is -2.62. The van der Waals surface area contributed by atoms with E-state index in [0.717, 1.165) is 6.42 Å². The maximum absolute atomic E-state index is 14.6. The zero-order valence-corrected chi connectivity index (χ0v) is 25.0. The molecule has 0 aromatic rings. The van der Waals surface area contributed by atoms with E-state index in [2.05, 4.69) is 49.9 Å². The standard InChI is InChI=1S/C28H44BrN3O5/c1-10-12-30(9)23(34)19-20-24(35)32(17(3)15-33)22(28(20)14-18(29)21(19)37-28)25(36)31(13-11-2)27(7,8)16-26(4,5)6/h10-11,17-22,33H,1-2,12-16H2,3-9H3/t17-,18?,19-,20+,21-,22?,28?/m1/s1. The molecule has 3 aliphatic rings. The van der Waals surface area contributed by atoms with E-state index in [0.29, 0.717) is 19.5 Å². The summed E-state index contributed by atoms with van der Waals surface area (Å²) >= 11 is 3.70. The molecule has 3 heterocycles. The number of rotatable bonds is 10. The molecule has 208 valence electrons. The number of likely N-dealkylation sites (N-methyl/N-ethyl adjacent to an activating group) is 1. The summed E-state index contributed by atoms with van der Waals surface area (Å²) in [5, 5.41) is 10.1. The normalized spacial score (nSPS) is 31.8. The third kappa shape index (κ3) is 5.03. The first-order chi connectivity index (χ1) is 17.1. The van der Waals surface area contributed by atoms with Crippen LogP contribution in [0.2, 0.25) is 0 Å². The number of carbonyl (C=O) groups is 3. The molecule has 3 rings (SSSR count). The number of hydrogen-bond donors (Lipinski definition) is 1. The molecule has 2 bridgehead atoms. The van der Waals surface area contributed by atoms with E-state index in [4.69, 9.17) is 4.74 Å². The van der Waals surface area contributed by atoms with Crippen LogP contribution in [0.25, 0.3) is 0 Å². The predicted octanol–water partition coefficient (Wildman–Crippen LogP) is 2.99. The molecule has 1 N–H and O–H groups in total. The van der Waals surface area contributed by atoms with Crippen LogP contribution < -0.4 is 0 Å². The topological polar surface area (TPSA) is 90.4 Å². The second-order valence-corrected chi connectivity index (χ2v) is 13.9. The Kier molecular flexibility index (Phi) is 8.43. The van der Waals surface area contributed by atoms with Gasteiger partial charge in [-0.1, -0.05) is 48.9 Å². The molecule has 3 amide bonds. The molecule has 0 aromatic heterocycles. The summed E-state index contributed by atoms with van der Waals surface area (Å²) in [7, 11) is 1.68. The highest BCUT2D eigenvalue weighted by atomic mass is 79.9. The van der Waals surface area contributed by atoms with E-state index in [9.17, 15) is 19.5 Å². The number of hydrogen-bond acceptors (Lipinski definition) is 5. The third-order valence-electron chi connectivity index (χ3n) is 8.04. The third-order valence-corrected chi connectivity index (χ3v) is 8.88. The summed E-state index contributed by atoms with van der Waals surface area (Å²) in [6, 6.07) is -1.57. The van der Waals surface area contributed by atoms with Crippen molar-refractivity contribution in [1.82, 2.24) is 14.7 Å². The highest BCUT2D eigenvalue weighted by molar-refractivity contribution is 9.09. The van der Waals surface area contributed by atoms with Gasteiger partial charge in [0.1, 0.15) is 11.6 Å². The number of alkyl halides is 1. The van der Waals surface area contributed by atoms with Crippen LogP contribution in [0.3, 0.4) is 0 Å². The van der Waals surface area contributed by atoms with E-state index < -0.39 is 41.2 Å². The number of nitrogens with zero attached hydrogens (tertiary/aromatic N) is 3. The van der Waals surface area contributed by atoms with Crippen LogP contribution in [0.5, 0.6) is 0 Å². The van der Waals surface area contributed by atoms with Crippen LogP contribution in [-0.4, -0.2) is 98.4 Å². The molecule has 0 aromatic carbocycles. The van der Waals surface area contributed by atoms with Crippen molar-refractivity contribution in [3.63, 3.8) is 0 Å². The maximum Gasteiger partial charge on any atom is 0.249 e. The lowest BCUT2D eigenvalue weighted by Gasteiger charge is -2.46. The largest absolute Gasteiger partial charge is 0.394 e. The molecule has 0 radical (unpaired) electrons. The van der Waals surface area contributed by atoms with E-state index in [1.54, 1.807) is 35.9 Å². The molecular formula is C28H44BrN3O5. The maximum atomic E-state index is 14.6. The van der Waals surface area contributed by atoms with E-state index >= 15 is 0 Å². The summed E-state index contributed by atoms with van der Waals surface area (Å²) in [5.41, 5.74) is -1.76. The van der Waals surface area contributed by atoms with Gasteiger partial charge in [0.25, 0.3) is 0 Å². The Labute approximate surface area is 230 Å². The van der Waals surface area contributed by atoms with Crippen molar-refractivity contribution in [2.75, 3.05) is 26.7 Å². The highest BCUT2D eigenvalue weighted by Crippen LogP contribution is 2.61. The zero-order chi connectivity index (χ0) is 28.1. The van der Waals surface area contributed by atoms with Crippen molar-refractivity contribution >= 4 is 33.7 Å². The Morgan fingerprint density at radius 2 is 1.81 bits per heavy atom. The quantitative estimate of drug-likeness (QED) is 0.316. The lowest BCUT2D eigenvalue weighted by atomic mass is 9.70. The zero-order valence-electron chi connectivity index (χ0n) is 23.4. The smallest absolute Gasteiger partial charge is 0.249 e. The fourth-order valence-corrected chi connectivity index (χ4v) is 7.98. The SMILES string of the molecule is C=CCN(C)C(=O)[C@H]1[C@@H]2OC3(CC2Br)C(C(=O)N(CC=C)C(C)(C)CC(C)(C)C)N([C@H](C)CO)C(=O)[C@H]13. The Hall–Kier alpha value is -1.71. The number of amides is 3.